The molecule has 0 radical (unpaired) electrons. The van der Waals surface area contributed by atoms with Crippen molar-refractivity contribution in [1.82, 2.24) is 9.38 Å². The highest BCUT2D eigenvalue weighted by atomic mass is 32.1. The van der Waals surface area contributed by atoms with Crippen LogP contribution >= 0.6 is 11.3 Å². The van der Waals surface area contributed by atoms with E-state index in [0.29, 0.717) is 6.42 Å². The fourth-order valence-electron chi connectivity index (χ4n) is 2.43. The molecule has 0 spiro atoms. The van der Waals surface area contributed by atoms with Crippen LogP contribution in [0.1, 0.15) is 25.5 Å². The van der Waals surface area contributed by atoms with E-state index >= 15 is 0 Å². The monoisotopic (exact) mass is 313 g/mol. The van der Waals surface area contributed by atoms with Crippen LogP contribution in [-0.2, 0) is 11.2 Å². The number of benzene rings is 1. The second-order valence-corrected chi connectivity index (χ2v) is 6.11. The Morgan fingerprint density at radius 1 is 1.32 bits per heavy atom. The molecule has 0 bridgehead atoms. The number of nitrogens with zero attached hydrogens (tertiary/aromatic N) is 3. The molecule has 2 heterocycles. The molecule has 0 saturated heterocycles. The minimum atomic E-state index is 0.102. The van der Waals surface area contributed by atoms with E-state index in [1.54, 1.807) is 11.3 Å². The Balaban J connectivity index is 1.77. The zero-order valence-corrected chi connectivity index (χ0v) is 13.4. The van der Waals surface area contributed by atoms with Crippen LogP contribution in [0, 0.1) is 0 Å². The zero-order valence-electron chi connectivity index (χ0n) is 12.6. The molecule has 0 N–H and O–H groups in total. The molecule has 1 aromatic carbocycles. The minimum absolute atomic E-state index is 0.102. The second kappa shape index (κ2) is 6.75. The molecule has 0 unspecified atom stereocenters. The Bertz CT molecular complexity index is 719. The van der Waals surface area contributed by atoms with Gasteiger partial charge in [0.15, 0.2) is 4.96 Å². The summed E-state index contributed by atoms with van der Waals surface area (Å²) in [6, 6.07) is 9.87. The van der Waals surface area contributed by atoms with Crippen molar-refractivity contribution >= 4 is 27.9 Å². The fourth-order valence-corrected chi connectivity index (χ4v) is 3.15. The maximum absolute atomic E-state index is 12.7. The fraction of sp³-hybridized carbons (Fsp3) is 0.294. The van der Waals surface area contributed by atoms with Gasteiger partial charge in [-0.2, -0.15) is 0 Å². The van der Waals surface area contributed by atoms with Crippen molar-refractivity contribution < 1.29 is 4.79 Å². The number of aromatic nitrogens is 2. The molecule has 5 heteroatoms. The summed E-state index contributed by atoms with van der Waals surface area (Å²) in [5, 5.41) is 1.99. The van der Waals surface area contributed by atoms with Gasteiger partial charge < -0.3 is 4.90 Å². The van der Waals surface area contributed by atoms with Crippen molar-refractivity contribution in [3.05, 3.63) is 53.8 Å². The first kappa shape index (κ1) is 14.8. The molecule has 0 aliphatic carbocycles. The van der Waals surface area contributed by atoms with Gasteiger partial charge in [-0.1, -0.05) is 31.5 Å². The Labute approximate surface area is 134 Å². The van der Waals surface area contributed by atoms with Crippen molar-refractivity contribution in [2.75, 3.05) is 11.4 Å². The molecule has 3 aromatic rings. The number of para-hydroxylation sites is 1. The molecule has 22 heavy (non-hydrogen) atoms. The third kappa shape index (κ3) is 3.20. The predicted molar refractivity (Wildman–Crippen MR) is 90.5 cm³/mol. The first-order valence-corrected chi connectivity index (χ1v) is 8.42. The summed E-state index contributed by atoms with van der Waals surface area (Å²) in [4.78, 5) is 20.0. The van der Waals surface area contributed by atoms with Gasteiger partial charge in [0.2, 0.25) is 5.91 Å². The summed E-state index contributed by atoms with van der Waals surface area (Å²) in [5.74, 6) is 0.102. The number of thiazole rings is 1. The Morgan fingerprint density at radius 3 is 2.86 bits per heavy atom. The van der Waals surface area contributed by atoms with Gasteiger partial charge in [-0.15, -0.1) is 11.3 Å². The van der Waals surface area contributed by atoms with E-state index in [1.165, 1.54) is 0 Å². The first-order chi connectivity index (χ1) is 10.8. The summed E-state index contributed by atoms with van der Waals surface area (Å²) in [7, 11) is 0. The zero-order chi connectivity index (χ0) is 15.4. The SMILES string of the molecule is CCCCN(C(=O)Cc1cn2ccsc2n1)c1ccccc1. The number of hydrogen-bond acceptors (Lipinski definition) is 3. The standard InChI is InChI=1S/C17H19N3OS/c1-2-3-9-20(15-7-5-4-6-8-15)16(21)12-14-13-19-10-11-22-17(19)18-14/h4-8,10-11,13H,2-3,9,12H2,1H3. The number of imidazole rings is 1. The van der Waals surface area contributed by atoms with Crippen LogP contribution in [0.15, 0.2) is 48.1 Å². The Kier molecular flexibility index (Phi) is 4.53. The Morgan fingerprint density at radius 2 is 2.14 bits per heavy atom. The van der Waals surface area contributed by atoms with Crippen LogP contribution in [0.3, 0.4) is 0 Å². The second-order valence-electron chi connectivity index (χ2n) is 5.24. The van der Waals surface area contributed by atoms with Crippen LogP contribution in [0.2, 0.25) is 0 Å². The van der Waals surface area contributed by atoms with Crippen LogP contribution in [-0.4, -0.2) is 21.8 Å². The predicted octanol–water partition coefficient (Wildman–Crippen LogP) is 3.77. The molecule has 2 aromatic heterocycles. The average Bonchev–Trinajstić information content (AvgIpc) is 3.10. The number of rotatable bonds is 6. The lowest BCUT2D eigenvalue weighted by Gasteiger charge is -2.22. The molecule has 0 saturated carbocycles. The van der Waals surface area contributed by atoms with E-state index in [0.717, 1.165) is 35.7 Å². The molecule has 3 rings (SSSR count). The van der Waals surface area contributed by atoms with E-state index in [2.05, 4.69) is 11.9 Å². The molecular weight excluding hydrogens is 294 g/mol. The van der Waals surface area contributed by atoms with E-state index in [9.17, 15) is 4.79 Å². The van der Waals surface area contributed by atoms with E-state index < -0.39 is 0 Å². The molecular formula is C17H19N3OS. The topological polar surface area (TPSA) is 37.6 Å². The van der Waals surface area contributed by atoms with Gasteiger partial charge >= 0.3 is 0 Å². The summed E-state index contributed by atoms with van der Waals surface area (Å²) in [5.41, 5.74) is 1.79. The lowest BCUT2D eigenvalue weighted by Crippen LogP contribution is -2.33. The molecule has 0 aliphatic rings. The number of anilines is 1. The van der Waals surface area contributed by atoms with E-state index in [-0.39, 0.29) is 5.91 Å². The molecule has 0 fully saturated rings. The number of carbonyl (C=O) groups excluding carboxylic acids is 1. The summed E-state index contributed by atoms with van der Waals surface area (Å²) in [6.07, 6.45) is 6.31. The maximum atomic E-state index is 12.7. The van der Waals surface area contributed by atoms with Crippen molar-refractivity contribution in [2.45, 2.75) is 26.2 Å². The largest absolute Gasteiger partial charge is 0.312 e. The number of amides is 1. The van der Waals surface area contributed by atoms with E-state index in [1.807, 2.05) is 57.4 Å². The van der Waals surface area contributed by atoms with Crippen LogP contribution in [0.5, 0.6) is 0 Å². The smallest absolute Gasteiger partial charge is 0.233 e. The minimum Gasteiger partial charge on any atom is -0.312 e. The van der Waals surface area contributed by atoms with Gasteiger partial charge in [-0.3, -0.25) is 9.20 Å². The van der Waals surface area contributed by atoms with Crippen LogP contribution in [0.4, 0.5) is 5.69 Å². The number of unbranched alkanes of at least 4 members (excludes halogenated alkanes) is 1. The van der Waals surface area contributed by atoms with E-state index in [4.69, 9.17) is 0 Å². The summed E-state index contributed by atoms with van der Waals surface area (Å²) < 4.78 is 1.96. The lowest BCUT2D eigenvalue weighted by molar-refractivity contribution is -0.118. The third-order valence-corrected chi connectivity index (χ3v) is 4.35. The van der Waals surface area contributed by atoms with Crippen molar-refractivity contribution in [3.63, 3.8) is 0 Å². The van der Waals surface area contributed by atoms with Crippen molar-refractivity contribution in [3.8, 4) is 0 Å². The highest BCUT2D eigenvalue weighted by molar-refractivity contribution is 7.15. The molecule has 0 aliphatic heterocycles. The maximum Gasteiger partial charge on any atom is 0.233 e. The van der Waals surface area contributed by atoms with Gasteiger partial charge in [0, 0.05) is 30.0 Å². The van der Waals surface area contributed by atoms with Gasteiger partial charge in [-0.05, 0) is 18.6 Å². The van der Waals surface area contributed by atoms with Crippen LogP contribution in [0.25, 0.3) is 4.96 Å². The summed E-state index contributed by atoms with van der Waals surface area (Å²) in [6.45, 7) is 2.89. The first-order valence-electron chi connectivity index (χ1n) is 7.54. The number of hydrogen-bond donors (Lipinski definition) is 0. The summed E-state index contributed by atoms with van der Waals surface area (Å²) >= 11 is 1.58. The quantitative estimate of drug-likeness (QED) is 0.694. The highest BCUT2D eigenvalue weighted by Gasteiger charge is 2.17. The lowest BCUT2D eigenvalue weighted by atomic mass is 10.2. The molecule has 0 atom stereocenters. The van der Waals surface area contributed by atoms with Crippen molar-refractivity contribution in [1.29, 1.82) is 0 Å². The van der Waals surface area contributed by atoms with Crippen LogP contribution < -0.4 is 4.90 Å². The average molecular weight is 313 g/mol. The molecule has 114 valence electrons. The number of fused-ring (bicyclic) bond motifs is 1. The van der Waals surface area contributed by atoms with Gasteiger partial charge in [0.1, 0.15) is 0 Å². The molecule has 1 amide bonds. The Hall–Kier alpha value is -2.14. The molecule has 4 nitrogen and oxygen atoms in total. The van der Waals surface area contributed by atoms with Crippen molar-refractivity contribution in [2.24, 2.45) is 0 Å². The van der Waals surface area contributed by atoms with Gasteiger partial charge in [0.25, 0.3) is 0 Å². The number of carbonyl (C=O) groups is 1. The van der Waals surface area contributed by atoms with Gasteiger partial charge in [-0.25, -0.2) is 4.98 Å². The normalized spacial score (nSPS) is 11.0. The highest BCUT2D eigenvalue weighted by Crippen LogP contribution is 2.17. The third-order valence-electron chi connectivity index (χ3n) is 3.58. The van der Waals surface area contributed by atoms with Gasteiger partial charge in [0.05, 0.1) is 12.1 Å².